The Labute approximate surface area is 116 Å². The van der Waals surface area contributed by atoms with Gasteiger partial charge in [0, 0.05) is 6.04 Å². The molecular weight excluding hydrogens is 244 g/mol. The van der Waals surface area contributed by atoms with E-state index in [-0.39, 0.29) is 6.04 Å². The Kier molecular flexibility index (Phi) is 6.87. The number of hydrogen-bond acceptors (Lipinski definition) is 2. The number of amides is 2. The molecule has 0 aliphatic rings. The van der Waals surface area contributed by atoms with Crippen LogP contribution in [0.15, 0.2) is 0 Å². The molecule has 0 radical (unpaired) electrons. The van der Waals surface area contributed by atoms with E-state index in [9.17, 15) is 9.59 Å². The summed E-state index contributed by atoms with van der Waals surface area (Å²) < 4.78 is 0. The lowest BCUT2D eigenvalue weighted by Crippen LogP contribution is -2.54. The van der Waals surface area contributed by atoms with Gasteiger partial charge in [-0.05, 0) is 18.3 Å². The number of rotatable bonds is 6. The van der Waals surface area contributed by atoms with Crippen molar-refractivity contribution < 1.29 is 14.7 Å². The van der Waals surface area contributed by atoms with Crippen molar-refractivity contribution in [3.63, 3.8) is 0 Å². The molecular formula is C14H28N2O3. The van der Waals surface area contributed by atoms with Gasteiger partial charge < -0.3 is 15.7 Å². The highest BCUT2D eigenvalue weighted by atomic mass is 16.4. The van der Waals surface area contributed by atoms with Crippen molar-refractivity contribution in [2.45, 2.75) is 66.5 Å². The minimum Gasteiger partial charge on any atom is -0.480 e. The van der Waals surface area contributed by atoms with E-state index in [1.54, 1.807) is 20.8 Å². The molecule has 2 atom stereocenters. The van der Waals surface area contributed by atoms with Gasteiger partial charge in [0.05, 0.1) is 0 Å². The molecule has 0 aromatic carbocycles. The van der Waals surface area contributed by atoms with E-state index in [2.05, 4.69) is 24.5 Å². The number of carboxylic acids is 1. The van der Waals surface area contributed by atoms with Crippen LogP contribution in [-0.4, -0.2) is 29.2 Å². The van der Waals surface area contributed by atoms with Crippen LogP contribution in [0.25, 0.3) is 0 Å². The summed E-state index contributed by atoms with van der Waals surface area (Å²) >= 11 is 0. The fraction of sp³-hybridized carbons (Fsp3) is 0.857. The molecule has 0 saturated heterocycles. The number of carbonyl (C=O) groups excluding carboxylic acids is 1. The topological polar surface area (TPSA) is 78.4 Å². The third-order valence-corrected chi connectivity index (χ3v) is 3.50. The van der Waals surface area contributed by atoms with Crippen LogP contribution < -0.4 is 10.6 Å². The van der Waals surface area contributed by atoms with Gasteiger partial charge >= 0.3 is 12.0 Å². The molecule has 3 N–H and O–H groups in total. The van der Waals surface area contributed by atoms with Gasteiger partial charge in [0.15, 0.2) is 0 Å². The second kappa shape index (κ2) is 7.36. The molecule has 0 aliphatic carbocycles. The Hall–Kier alpha value is -1.26. The summed E-state index contributed by atoms with van der Waals surface area (Å²) in [6.07, 6.45) is 1.97. The molecule has 1 unspecified atom stereocenters. The SMILES string of the molecule is CCC(CC)C(C)NC(=O)N[C@@H](C(=O)O)C(C)(C)C. The lowest BCUT2D eigenvalue weighted by atomic mass is 9.87. The lowest BCUT2D eigenvalue weighted by Gasteiger charge is -2.29. The second-order valence-electron chi connectivity index (χ2n) is 6.12. The number of carbonyl (C=O) groups is 2. The minimum absolute atomic E-state index is 0.0319. The van der Waals surface area contributed by atoms with Crippen molar-refractivity contribution in [2.75, 3.05) is 0 Å². The quantitative estimate of drug-likeness (QED) is 0.695. The standard InChI is InChI=1S/C14H28N2O3/c1-7-10(8-2)9(3)15-13(19)16-11(12(17)18)14(4,5)6/h9-11H,7-8H2,1-6H3,(H,17,18)(H2,15,16,19)/t9?,11-/m0/s1. The van der Waals surface area contributed by atoms with Gasteiger partial charge in [-0.1, -0.05) is 47.5 Å². The van der Waals surface area contributed by atoms with Crippen LogP contribution in [0.2, 0.25) is 0 Å². The van der Waals surface area contributed by atoms with E-state index >= 15 is 0 Å². The van der Waals surface area contributed by atoms with Crippen molar-refractivity contribution in [3.05, 3.63) is 0 Å². The summed E-state index contributed by atoms with van der Waals surface area (Å²) in [6, 6.07) is -1.28. The van der Waals surface area contributed by atoms with Gasteiger partial charge in [-0.15, -0.1) is 0 Å². The van der Waals surface area contributed by atoms with Crippen LogP contribution in [0, 0.1) is 11.3 Å². The average Bonchev–Trinajstić information content (AvgIpc) is 2.25. The molecule has 2 amide bonds. The Bertz CT molecular complexity index is 306. The first kappa shape index (κ1) is 17.7. The van der Waals surface area contributed by atoms with Crippen molar-refractivity contribution >= 4 is 12.0 Å². The number of nitrogens with one attached hydrogen (secondary N) is 2. The maximum absolute atomic E-state index is 11.9. The van der Waals surface area contributed by atoms with Crippen LogP contribution in [0.1, 0.15) is 54.4 Å². The molecule has 0 aromatic rings. The monoisotopic (exact) mass is 272 g/mol. The summed E-state index contributed by atoms with van der Waals surface area (Å²) in [5, 5.41) is 14.5. The lowest BCUT2D eigenvalue weighted by molar-refractivity contribution is -0.141. The number of carboxylic acid groups (broad SMARTS) is 1. The van der Waals surface area contributed by atoms with E-state index in [0.717, 1.165) is 12.8 Å². The molecule has 5 nitrogen and oxygen atoms in total. The molecule has 0 heterocycles. The summed E-state index contributed by atoms with van der Waals surface area (Å²) in [5.74, 6) is -0.610. The van der Waals surface area contributed by atoms with Crippen LogP contribution in [-0.2, 0) is 4.79 Å². The van der Waals surface area contributed by atoms with Crippen LogP contribution in [0.3, 0.4) is 0 Å². The number of aliphatic carboxylic acids is 1. The van der Waals surface area contributed by atoms with Crippen LogP contribution in [0.4, 0.5) is 4.79 Å². The maximum atomic E-state index is 11.9. The predicted molar refractivity (Wildman–Crippen MR) is 76.1 cm³/mol. The van der Waals surface area contributed by atoms with Crippen LogP contribution >= 0.6 is 0 Å². The largest absolute Gasteiger partial charge is 0.480 e. The third kappa shape index (κ3) is 5.94. The van der Waals surface area contributed by atoms with Crippen molar-refractivity contribution in [2.24, 2.45) is 11.3 Å². The highest BCUT2D eigenvalue weighted by Crippen LogP contribution is 2.19. The molecule has 0 spiro atoms. The number of urea groups is 1. The van der Waals surface area contributed by atoms with Crippen LogP contribution in [0.5, 0.6) is 0 Å². The van der Waals surface area contributed by atoms with E-state index in [0.29, 0.717) is 5.92 Å². The van der Waals surface area contributed by atoms with Gasteiger partial charge in [0.25, 0.3) is 0 Å². The highest BCUT2D eigenvalue weighted by molar-refractivity contribution is 5.83. The highest BCUT2D eigenvalue weighted by Gasteiger charge is 2.33. The average molecular weight is 272 g/mol. The predicted octanol–water partition coefficient (Wildman–Crippen LogP) is 2.61. The Balaban J connectivity index is 4.56. The fourth-order valence-electron chi connectivity index (χ4n) is 2.14. The summed E-state index contributed by atoms with van der Waals surface area (Å²) in [4.78, 5) is 23.0. The zero-order valence-corrected chi connectivity index (χ0v) is 12.9. The fourth-order valence-corrected chi connectivity index (χ4v) is 2.14. The van der Waals surface area contributed by atoms with Crippen molar-refractivity contribution in [1.29, 1.82) is 0 Å². The molecule has 0 saturated carbocycles. The third-order valence-electron chi connectivity index (χ3n) is 3.50. The summed E-state index contributed by atoms with van der Waals surface area (Å²) in [7, 11) is 0. The smallest absolute Gasteiger partial charge is 0.326 e. The van der Waals surface area contributed by atoms with Gasteiger partial charge in [-0.3, -0.25) is 0 Å². The zero-order valence-electron chi connectivity index (χ0n) is 12.9. The molecule has 0 aromatic heterocycles. The van der Waals surface area contributed by atoms with Gasteiger partial charge in [0.2, 0.25) is 0 Å². The molecule has 0 fully saturated rings. The van der Waals surface area contributed by atoms with Gasteiger partial charge in [-0.2, -0.15) is 0 Å². The van der Waals surface area contributed by atoms with E-state index in [4.69, 9.17) is 5.11 Å². The molecule has 5 heteroatoms. The maximum Gasteiger partial charge on any atom is 0.326 e. The summed E-state index contributed by atoms with van der Waals surface area (Å²) in [6.45, 7) is 11.5. The van der Waals surface area contributed by atoms with E-state index in [1.807, 2.05) is 6.92 Å². The first-order valence-electron chi connectivity index (χ1n) is 6.93. The molecule has 0 aliphatic heterocycles. The summed E-state index contributed by atoms with van der Waals surface area (Å²) in [5.41, 5.74) is -0.526. The Morgan fingerprint density at radius 1 is 1.11 bits per heavy atom. The van der Waals surface area contributed by atoms with E-state index in [1.165, 1.54) is 0 Å². The first-order valence-corrected chi connectivity index (χ1v) is 6.93. The zero-order chi connectivity index (χ0) is 15.2. The Morgan fingerprint density at radius 3 is 1.89 bits per heavy atom. The molecule has 112 valence electrons. The minimum atomic E-state index is -1.02. The van der Waals surface area contributed by atoms with Gasteiger partial charge in [-0.25, -0.2) is 9.59 Å². The van der Waals surface area contributed by atoms with Gasteiger partial charge in [0.1, 0.15) is 6.04 Å². The normalized spacial score (nSPS) is 14.9. The number of hydrogen-bond donors (Lipinski definition) is 3. The molecule has 19 heavy (non-hydrogen) atoms. The Morgan fingerprint density at radius 2 is 1.58 bits per heavy atom. The second-order valence-corrected chi connectivity index (χ2v) is 6.12. The van der Waals surface area contributed by atoms with E-state index < -0.39 is 23.5 Å². The molecule has 0 rings (SSSR count). The first-order chi connectivity index (χ1) is 8.63. The molecule has 0 bridgehead atoms. The van der Waals surface area contributed by atoms with Crippen molar-refractivity contribution in [1.82, 2.24) is 10.6 Å². The van der Waals surface area contributed by atoms with Crippen molar-refractivity contribution in [3.8, 4) is 0 Å².